The zero-order valence-electron chi connectivity index (χ0n) is 34.2. The second-order valence-corrected chi connectivity index (χ2v) is 17.1. The molecule has 2 nitrogen and oxygen atoms in total. The lowest BCUT2D eigenvalue weighted by molar-refractivity contribution is 0.475. The lowest BCUT2D eigenvalue weighted by Crippen LogP contribution is -2.28. The number of benzene rings is 12. The third kappa shape index (κ3) is 5.13. The fourth-order valence-electron chi connectivity index (χ4n) is 11.2. The molecular formula is C61H38O2. The van der Waals surface area contributed by atoms with Gasteiger partial charge < -0.3 is 10.2 Å². The molecule has 0 amide bonds. The molecule has 0 atom stereocenters. The number of hydrogen-bond acceptors (Lipinski definition) is 2. The maximum absolute atomic E-state index is 10.6. The summed E-state index contributed by atoms with van der Waals surface area (Å²) in [5.41, 5.74) is 11.2. The highest BCUT2D eigenvalue weighted by Crippen LogP contribution is 2.62. The summed E-state index contributed by atoms with van der Waals surface area (Å²) >= 11 is 0. The third-order valence-corrected chi connectivity index (χ3v) is 13.8. The molecule has 63 heavy (non-hydrogen) atoms. The Labute approximate surface area is 364 Å². The van der Waals surface area contributed by atoms with Crippen LogP contribution in [0.2, 0.25) is 0 Å². The van der Waals surface area contributed by atoms with Gasteiger partial charge in [-0.3, -0.25) is 0 Å². The van der Waals surface area contributed by atoms with Crippen LogP contribution in [0, 0.1) is 0 Å². The van der Waals surface area contributed by atoms with Crippen molar-refractivity contribution in [3.05, 3.63) is 241 Å². The van der Waals surface area contributed by atoms with Crippen molar-refractivity contribution in [2.75, 3.05) is 0 Å². The maximum atomic E-state index is 10.6. The molecule has 0 heterocycles. The van der Waals surface area contributed by atoms with Crippen molar-refractivity contribution in [1.29, 1.82) is 0 Å². The van der Waals surface area contributed by atoms with E-state index in [4.69, 9.17) is 0 Å². The zero-order valence-corrected chi connectivity index (χ0v) is 34.2. The van der Waals surface area contributed by atoms with E-state index < -0.39 is 5.41 Å². The SMILES string of the molecule is Oc1ccc2cc(C3(c4ccc5cc(O)ccc5c4)c4cccc(-c5c6ccccc6cc6ccccc56)c4-c4c(-c5c6ccccc6cc6ccccc56)cccc43)ccc2c1. The van der Waals surface area contributed by atoms with Gasteiger partial charge in [0.15, 0.2) is 0 Å². The van der Waals surface area contributed by atoms with Crippen molar-refractivity contribution in [3.8, 4) is 44.9 Å². The van der Waals surface area contributed by atoms with Crippen molar-refractivity contribution in [1.82, 2.24) is 0 Å². The van der Waals surface area contributed by atoms with Crippen molar-refractivity contribution < 1.29 is 10.2 Å². The highest BCUT2D eigenvalue weighted by atomic mass is 16.3. The lowest BCUT2D eigenvalue weighted by Gasteiger charge is -2.34. The van der Waals surface area contributed by atoms with Crippen LogP contribution in [0.1, 0.15) is 22.3 Å². The van der Waals surface area contributed by atoms with Crippen LogP contribution in [-0.4, -0.2) is 10.2 Å². The molecule has 12 aromatic rings. The molecule has 2 N–H and O–H groups in total. The van der Waals surface area contributed by atoms with E-state index in [9.17, 15) is 10.2 Å². The first kappa shape index (κ1) is 35.5. The van der Waals surface area contributed by atoms with Gasteiger partial charge in [0.1, 0.15) is 11.5 Å². The Bertz CT molecular complexity index is 3530. The average Bonchev–Trinajstić information content (AvgIpc) is 3.64. The van der Waals surface area contributed by atoms with E-state index in [0.29, 0.717) is 0 Å². The first-order chi connectivity index (χ1) is 31.0. The number of hydrogen-bond donors (Lipinski definition) is 2. The van der Waals surface area contributed by atoms with Crippen LogP contribution in [0.25, 0.3) is 98.0 Å². The molecule has 12 aromatic carbocycles. The van der Waals surface area contributed by atoms with E-state index in [0.717, 1.165) is 32.7 Å². The fourth-order valence-corrected chi connectivity index (χ4v) is 11.2. The van der Waals surface area contributed by atoms with Crippen molar-refractivity contribution in [2.24, 2.45) is 0 Å². The Morgan fingerprint density at radius 2 is 0.603 bits per heavy atom. The highest BCUT2D eigenvalue weighted by Gasteiger charge is 2.48. The third-order valence-electron chi connectivity index (χ3n) is 13.8. The largest absolute Gasteiger partial charge is 0.508 e. The van der Waals surface area contributed by atoms with Crippen LogP contribution >= 0.6 is 0 Å². The zero-order chi connectivity index (χ0) is 41.8. The van der Waals surface area contributed by atoms with E-state index in [1.54, 1.807) is 12.1 Å². The quantitative estimate of drug-likeness (QED) is 0.174. The normalized spacial score (nSPS) is 13.0. The maximum Gasteiger partial charge on any atom is 0.116 e. The van der Waals surface area contributed by atoms with E-state index >= 15 is 0 Å². The van der Waals surface area contributed by atoms with E-state index in [-0.39, 0.29) is 11.5 Å². The Kier molecular flexibility index (Phi) is 7.56. The Morgan fingerprint density at radius 3 is 1.00 bits per heavy atom. The lowest BCUT2D eigenvalue weighted by atomic mass is 9.67. The molecule has 0 saturated carbocycles. The summed E-state index contributed by atoms with van der Waals surface area (Å²) in [6.07, 6.45) is 0. The van der Waals surface area contributed by atoms with Gasteiger partial charge >= 0.3 is 0 Å². The molecule has 0 saturated heterocycles. The summed E-state index contributed by atoms with van der Waals surface area (Å²) in [7, 11) is 0. The van der Waals surface area contributed by atoms with Crippen LogP contribution in [0.5, 0.6) is 11.5 Å². The minimum atomic E-state index is -0.782. The molecule has 2 heteroatoms. The van der Waals surface area contributed by atoms with Crippen LogP contribution in [-0.2, 0) is 5.41 Å². The van der Waals surface area contributed by atoms with E-state index in [1.165, 1.54) is 87.6 Å². The minimum Gasteiger partial charge on any atom is -0.508 e. The van der Waals surface area contributed by atoms with Gasteiger partial charge in [-0.15, -0.1) is 0 Å². The molecule has 0 aliphatic heterocycles. The number of phenols is 2. The Balaban J connectivity index is 1.26. The molecule has 13 rings (SSSR count). The second kappa shape index (κ2) is 13.4. The highest BCUT2D eigenvalue weighted by molar-refractivity contribution is 6.19. The van der Waals surface area contributed by atoms with Gasteiger partial charge in [-0.25, -0.2) is 0 Å². The number of aromatic hydroxyl groups is 2. The van der Waals surface area contributed by atoms with Crippen LogP contribution in [0.4, 0.5) is 0 Å². The molecule has 0 spiro atoms. The molecule has 0 unspecified atom stereocenters. The smallest absolute Gasteiger partial charge is 0.116 e. The Hall–Kier alpha value is -8.20. The van der Waals surface area contributed by atoms with Crippen molar-refractivity contribution >= 4 is 64.6 Å². The van der Waals surface area contributed by atoms with E-state index in [1.807, 2.05) is 24.3 Å². The van der Waals surface area contributed by atoms with Crippen LogP contribution < -0.4 is 0 Å². The van der Waals surface area contributed by atoms with E-state index in [2.05, 4.69) is 182 Å². The summed E-state index contributed by atoms with van der Waals surface area (Å²) < 4.78 is 0. The monoisotopic (exact) mass is 802 g/mol. The molecule has 294 valence electrons. The molecular weight excluding hydrogens is 765 g/mol. The van der Waals surface area contributed by atoms with Crippen LogP contribution in [0.15, 0.2) is 218 Å². The van der Waals surface area contributed by atoms with Gasteiger partial charge in [0.05, 0.1) is 5.41 Å². The summed E-state index contributed by atoms with van der Waals surface area (Å²) in [6, 6.07) is 78.7. The molecule has 1 aliphatic rings. The average molecular weight is 803 g/mol. The van der Waals surface area contributed by atoms with Gasteiger partial charge in [-0.1, -0.05) is 170 Å². The first-order valence-electron chi connectivity index (χ1n) is 21.6. The van der Waals surface area contributed by atoms with Crippen molar-refractivity contribution in [3.63, 3.8) is 0 Å². The standard InChI is InChI=1S/C61H38O2/c62-47-29-25-37-33-45(27-23-39(37)35-47)61(46-28-24-40-36-48(63)30-26-38(40)34-46)55-21-9-19-53(57-49-15-5-1-11-41(49)31-42-12-2-6-16-50(42)57)59(55)60-54(20-10-22-56(60)61)58-51-17-7-3-13-43(51)32-44-14-4-8-18-52(44)58/h1-36,62-63H. The molecule has 1 aliphatic carbocycles. The molecule has 0 radical (unpaired) electrons. The minimum absolute atomic E-state index is 0.248. The predicted octanol–water partition coefficient (Wildman–Crippen LogP) is 15.7. The summed E-state index contributed by atoms with van der Waals surface area (Å²) in [6.45, 7) is 0. The fraction of sp³-hybridized carbons (Fsp3) is 0.0164. The first-order valence-corrected chi connectivity index (χ1v) is 21.6. The van der Waals surface area contributed by atoms with Crippen molar-refractivity contribution in [2.45, 2.75) is 5.41 Å². The van der Waals surface area contributed by atoms with Gasteiger partial charge in [-0.05, 0) is 169 Å². The molecule has 0 aromatic heterocycles. The number of rotatable bonds is 4. The summed E-state index contributed by atoms with van der Waals surface area (Å²) in [5, 5.41) is 34.9. The van der Waals surface area contributed by atoms with Gasteiger partial charge in [0.25, 0.3) is 0 Å². The van der Waals surface area contributed by atoms with Gasteiger partial charge in [-0.2, -0.15) is 0 Å². The summed E-state index contributed by atoms with van der Waals surface area (Å²) in [4.78, 5) is 0. The Morgan fingerprint density at radius 1 is 0.254 bits per heavy atom. The van der Waals surface area contributed by atoms with Gasteiger partial charge in [0, 0.05) is 0 Å². The molecule has 0 fully saturated rings. The molecule has 0 bridgehead atoms. The predicted molar refractivity (Wildman–Crippen MR) is 263 cm³/mol. The van der Waals surface area contributed by atoms with Gasteiger partial charge in [0.2, 0.25) is 0 Å². The topological polar surface area (TPSA) is 40.5 Å². The number of phenolic OH excluding ortho intramolecular Hbond substituents is 2. The summed E-state index contributed by atoms with van der Waals surface area (Å²) in [5.74, 6) is 0.497. The van der Waals surface area contributed by atoms with Crippen LogP contribution in [0.3, 0.4) is 0 Å². The second-order valence-electron chi connectivity index (χ2n) is 17.1. The number of fused-ring (bicyclic) bond motifs is 9.